The van der Waals surface area contributed by atoms with Crippen LogP contribution in [0.3, 0.4) is 0 Å². The zero-order chi connectivity index (χ0) is 59.5. The van der Waals surface area contributed by atoms with Gasteiger partial charge in [0.25, 0.3) is 0 Å². The number of esters is 3. The molecule has 3 N–H and O–H groups in total. The lowest BCUT2D eigenvalue weighted by Crippen LogP contribution is -2.33. The molecule has 25 heteroatoms. The van der Waals surface area contributed by atoms with Crippen molar-refractivity contribution < 1.29 is 28.6 Å². The van der Waals surface area contributed by atoms with Crippen molar-refractivity contribution >= 4 is 151 Å². The molecule has 0 fully saturated rings. The molecule has 3 aromatic carbocycles. The van der Waals surface area contributed by atoms with Gasteiger partial charge in [0.15, 0.2) is 0 Å². The average Bonchev–Trinajstić information content (AvgIpc) is 4.07. The van der Waals surface area contributed by atoms with Crippen LogP contribution in [0.4, 0.5) is 17.5 Å². The normalized spacial score (nSPS) is 16.6. The summed E-state index contributed by atoms with van der Waals surface area (Å²) in [5.41, 5.74) is 3.82. The number of allylic oxidation sites excluding steroid dienone is 3. The van der Waals surface area contributed by atoms with Crippen LogP contribution in [-0.2, 0) is 28.6 Å². The molecule has 6 aromatic rings. The first kappa shape index (κ1) is 64.4. The fourth-order valence-corrected chi connectivity index (χ4v) is 9.70. The van der Waals surface area contributed by atoms with Gasteiger partial charge < -0.3 is 30.2 Å². The summed E-state index contributed by atoms with van der Waals surface area (Å²) in [5, 5.41) is 26.2. The number of fused-ring (bicyclic) bond motifs is 3. The Balaban J connectivity index is 0.000000189. The summed E-state index contributed by atoms with van der Waals surface area (Å²) < 4.78 is 21.9. The van der Waals surface area contributed by atoms with Crippen LogP contribution in [0.1, 0.15) is 118 Å². The highest BCUT2D eigenvalue weighted by Crippen LogP contribution is 2.44. The zero-order valence-electron chi connectivity index (χ0n) is 45.4. The van der Waals surface area contributed by atoms with Crippen LogP contribution in [0.5, 0.6) is 0 Å². The number of rotatable bonds is 6. The number of hydrogen-bond donors (Lipinski definition) is 3. The average molecular weight is 1290 g/mol. The molecule has 9 rings (SSSR count). The van der Waals surface area contributed by atoms with Crippen LogP contribution in [0.2, 0.25) is 40.2 Å². The maximum atomic E-state index is 12.9. The van der Waals surface area contributed by atoms with E-state index < -0.39 is 52.8 Å². The van der Waals surface area contributed by atoms with Crippen molar-refractivity contribution in [3.05, 3.63) is 170 Å². The Hall–Kier alpha value is -4.78. The molecule has 80 heavy (non-hydrogen) atoms. The second-order valence-corrected chi connectivity index (χ2v) is 25.1. The van der Waals surface area contributed by atoms with E-state index in [1.54, 1.807) is 82.6 Å². The Morgan fingerprint density at radius 3 is 1.05 bits per heavy atom. The zero-order valence-corrected chi connectivity index (χ0v) is 52.9. The van der Waals surface area contributed by atoms with Gasteiger partial charge in [0, 0.05) is 23.2 Å². The first-order valence-electron chi connectivity index (χ1n) is 24.3. The number of alkyl halides is 2. The number of aromatic nitrogens is 6. The minimum atomic E-state index is -0.630. The van der Waals surface area contributed by atoms with E-state index in [-0.39, 0.29) is 5.34 Å². The van der Waals surface area contributed by atoms with Crippen LogP contribution in [0.25, 0.3) is 0 Å². The number of nitrogens with zero attached hydrogens (tertiary/aromatic N) is 6. The second-order valence-electron chi connectivity index (χ2n) is 21.1. The smallest absolute Gasteiger partial charge is 0.338 e. The molecule has 0 bridgehead atoms. The Morgan fingerprint density at radius 1 is 0.450 bits per heavy atom. The largest absolute Gasteiger partial charge is 0.456 e. The molecule has 0 saturated carbocycles. The fourth-order valence-electron chi connectivity index (χ4n) is 8.42. The van der Waals surface area contributed by atoms with Gasteiger partial charge in [-0.1, -0.05) is 111 Å². The van der Waals surface area contributed by atoms with Crippen molar-refractivity contribution in [3.63, 3.8) is 0 Å². The van der Waals surface area contributed by atoms with Crippen molar-refractivity contribution in [1.82, 2.24) is 29.3 Å². The van der Waals surface area contributed by atoms with Crippen molar-refractivity contribution in [2.45, 2.75) is 118 Å². The van der Waals surface area contributed by atoms with E-state index in [1.807, 2.05) is 81.4 Å². The number of carbonyl (C=O) groups is 3. The molecule has 3 unspecified atom stereocenters. The van der Waals surface area contributed by atoms with E-state index in [0.29, 0.717) is 79.9 Å². The summed E-state index contributed by atoms with van der Waals surface area (Å²) in [5.74, 6) is 0.738. The van der Waals surface area contributed by atoms with E-state index in [0.717, 1.165) is 28.2 Å². The molecule has 0 spiro atoms. The van der Waals surface area contributed by atoms with Crippen LogP contribution in [0, 0.1) is 0 Å². The predicted octanol–water partition coefficient (Wildman–Crippen LogP) is 17.2. The molecule has 6 heterocycles. The molecule has 0 aliphatic carbocycles. The molecule has 3 atom stereocenters. The van der Waals surface area contributed by atoms with Gasteiger partial charge in [-0.3, -0.25) is 0 Å². The third kappa shape index (κ3) is 15.5. The van der Waals surface area contributed by atoms with Gasteiger partial charge in [0.05, 0.1) is 70.8 Å². The van der Waals surface area contributed by atoms with Crippen molar-refractivity contribution in [2.24, 2.45) is 0 Å². The van der Waals surface area contributed by atoms with Gasteiger partial charge in [-0.2, -0.15) is 15.3 Å². The molecule has 0 saturated heterocycles. The lowest BCUT2D eigenvalue weighted by molar-refractivity contribution is -0.151. The van der Waals surface area contributed by atoms with Crippen molar-refractivity contribution in [3.8, 4) is 0 Å². The molecule has 0 radical (unpaired) electrons. The number of nitrogens with one attached hydrogen (secondary N) is 3. The second kappa shape index (κ2) is 26.2. The molecular formula is C55H57Cl10N9O6. The first-order chi connectivity index (χ1) is 37.2. The minimum Gasteiger partial charge on any atom is -0.456 e. The number of hydrogen-bond acceptors (Lipinski definition) is 12. The molecule has 428 valence electrons. The molecule has 3 aliphatic heterocycles. The van der Waals surface area contributed by atoms with Gasteiger partial charge in [0.2, 0.25) is 0 Å². The quantitative estimate of drug-likeness (QED) is 0.0821. The lowest BCUT2D eigenvalue weighted by atomic mass is 9.95. The Kier molecular flexibility index (Phi) is 21.1. The van der Waals surface area contributed by atoms with Crippen LogP contribution in [-0.4, -0.2) is 69.4 Å². The van der Waals surface area contributed by atoms with Crippen LogP contribution >= 0.6 is 116 Å². The SMILES string of the molecule is CC1=C(C(=O)OC(C)(C)C)C(c2ccc(Cl)c(Cl)c2)n2ncc(Cl)c2N1.CC1=C(C(=O)OC(C)(C)C)C(c2ccc(Cl)c(Cl)c2)n2ncc(Cl)c2N1.CC1=C(C(=O)OC(C)(C)C)C(c2ccc(Cl)c(Cl)c2)n2nccc2N1.ClCCl. The Bertz CT molecular complexity index is 3270. The highest BCUT2D eigenvalue weighted by atomic mass is 35.5. The predicted molar refractivity (Wildman–Crippen MR) is 324 cm³/mol. The summed E-state index contributed by atoms with van der Waals surface area (Å²) in [4.78, 5) is 38.7. The Morgan fingerprint density at radius 2 is 0.750 bits per heavy atom. The molecule has 15 nitrogen and oxygen atoms in total. The van der Waals surface area contributed by atoms with Gasteiger partial charge in [0.1, 0.15) is 62.4 Å². The summed E-state index contributed by atoms with van der Waals surface area (Å²) in [6, 6.07) is 16.1. The summed E-state index contributed by atoms with van der Waals surface area (Å²) in [6.07, 6.45) is 4.73. The van der Waals surface area contributed by atoms with Crippen molar-refractivity contribution in [1.29, 1.82) is 0 Å². The third-order valence-corrected chi connectivity index (χ3v) is 14.3. The standard InChI is InChI=1S/2C18H18Cl3N3O2.C18H19Cl2N3O2.CH2Cl2/c2*1-9-14(17(25)26-18(2,3)4)15(10-5-6-11(19)12(20)7-10)24-16(23-9)13(21)8-22-24;1-10-15(17(24)25-18(2,3)4)16(23-14(22-10)7-8-21-23)11-5-6-12(19)13(20)9-11;2-1-3/h2*5-8,15,23H,1-4H3;5-9,16,22H,1-4H3;1H2. The Labute approximate surface area is 514 Å². The molecule has 3 aromatic heterocycles. The number of anilines is 3. The van der Waals surface area contributed by atoms with E-state index in [9.17, 15) is 14.4 Å². The third-order valence-electron chi connectivity index (χ3n) is 11.5. The topological polar surface area (TPSA) is 168 Å². The van der Waals surface area contributed by atoms with Crippen LogP contribution < -0.4 is 16.0 Å². The maximum absolute atomic E-state index is 12.9. The summed E-state index contributed by atoms with van der Waals surface area (Å²) >= 11 is 58.7. The van der Waals surface area contributed by atoms with E-state index in [4.69, 9.17) is 130 Å². The lowest BCUT2D eigenvalue weighted by Gasteiger charge is -2.31. The number of carbonyl (C=O) groups excluding carboxylic acids is 3. The summed E-state index contributed by atoms with van der Waals surface area (Å²) in [6.45, 7) is 21.9. The van der Waals surface area contributed by atoms with Gasteiger partial charge >= 0.3 is 17.9 Å². The van der Waals surface area contributed by atoms with Gasteiger partial charge in [-0.15, -0.1) is 23.2 Å². The fraction of sp³-hybridized carbons (Fsp3) is 0.345. The minimum absolute atomic E-state index is 0.194. The molecular weight excluding hydrogens is 1240 g/mol. The number of halogens is 10. The van der Waals surface area contributed by atoms with Crippen molar-refractivity contribution in [2.75, 3.05) is 21.3 Å². The summed E-state index contributed by atoms with van der Waals surface area (Å²) in [7, 11) is 0. The van der Waals surface area contributed by atoms with E-state index >= 15 is 0 Å². The van der Waals surface area contributed by atoms with Crippen LogP contribution in [0.15, 0.2) is 113 Å². The first-order valence-corrected chi connectivity index (χ1v) is 28.4. The monoisotopic (exact) mass is 1290 g/mol. The molecule has 3 aliphatic rings. The van der Waals surface area contributed by atoms with E-state index in [1.165, 1.54) is 12.4 Å². The number of ether oxygens (including phenoxy) is 3. The number of benzene rings is 3. The van der Waals surface area contributed by atoms with E-state index in [2.05, 4.69) is 31.2 Å². The van der Waals surface area contributed by atoms with Gasteiger partial charge in [-0.05, 0) is 136 Å². The molecule has 0 amide bonds. The maximum Gasteiger partial charge on any atom is 0.338 e. The highest BCUT2D eigenvalue weighted by molar-refractivity contribution is 6.43. The highest BCUT2D eigenvalue weighted by Gasteiger charge is 2.39. The van der Waals surface area contributed by atoms with Gasteiger partial charge in [-0.25, -0.2) is 28.4 Å².